The highest BCUT2D eigenvalue weighted by Gasteiger charge is 2.37. The summed E-state index contributed by atoms with van der Waals surface area (Å²) in [5.41, 5.74) is 4.57. The van der Waals surface area contributed by atoms with Crippen molar-refractivity contribution < 1.29 is 24.2 Å². The quantitative estimate of drug-likeness (QED) is 0.611. The Kier molecular flexibility index (Phi) is 7.43. The zero-order valence-electron chi connectivity index (χ0n) is 20.6. The van der Waals surface area contributed by atoms with Gasteiger partial charge in [-0.3, -0.25) is 9.59 Å². The fourth-order valence-electron chi connectivity index (χ4n) is 5.36. The maximum absolute atomic E-state index is 13.4. The maximum Gasteiger partial charge on any atom is 0.407 e. The van der Waals surface area contributed by atoms with E-state index in [1.54, 1.807) is 4.90 Å². The number of hydrogen-bond acceptors (Lipinski definition) is 4. The van der Waals surface area contributed by atoms with Crippen molar-refractivity contribution in [3.63, 3.8) is 0 Å². The van der Waals surface area contributed by atoms with E-state index in [1.165, 1.54) is 0 Å². The molecule has 0 radical (unpaired) electrons. The summed E-state index contributed by atoms with van der Waals surface area (Å²) in [5, 5.41) is 12.2. The fraction of sp³-hybridized carbons (Fsp3) is 0.464. The number of fused-ring (bicyclic) bond motifs is 3. The molecule has 2 aromatic carbocycles. The molecule has 3 unspecified atom stereocenters. The number of benzene rings is 2. The predicted molar refractivity (Wildman–Crippen MR) is 133 cm³/mol. The molecule has 2 aliphatic rings. The Morgan fingerprint density at radius 1 is 1.09 bits per heavy atom. The lowest BCUT2D eigenvalue weighted by Crippen LogP contribution is -2.55. The van der Waals surface area contributed by atoms with E-state index in [4.69, 9.17) is 4.74 Å². The average Bonchev–Trinajstić information content (AvgIpc) is 3.18. The summed E-state index contributed by atoms with van der Waals surface area (Å²) >= 11 is 0. The van der Waals surface area contributed by atoms with Crippen molar-refractivity contribution in [1.82, 2.24) is 10.2 Å². The van der Waals surface area contributed by atoms with Crippen LogP contribution in [0.5, 0.6) is 0 Å². The monoisotopic (exact) mass is 478 g/mol. The number of hydrogen-bond donors (Lipinski definition) is 2. The molecule has 4 atom stereocenters. The smallest absolute Gasteiger partial charge is 0.407 e. The van der Waals surface area contributed by atoms with Crippen LogP contribution in [-0.2, 0) is 14.3 Å². The summed E-state index contributed by atoms with van der Waals surface area (Å²) in [6.45, 7) is 6.69. The minimum Gasteiger partial charge on any atom is -0.481 e. The Morgan fingerprint density at radius 2 is 1.69 bits per heavy atom. The molecule has 7 nitrogen and oxygen atoms in total. The molecule has 7 heteroatoms. The van der Waals surface area contributed by atoms with Crippen molar-refractivity contribution in [3.05, 3.63) is 59.7 Å². The molecule has 2 N–H and O–H groups in total. The molecule has 1 saturated heterocycles. The zero-order valence-corrected chi connectivity index (χ0v) is 20.6. The standard InChI is InChI=1S/C28H34N2O5/c1-4-17(2)25(26(31)30-14-13-19(27(32)33)18(3)15-30)29-28(34)35-16-24-22-11-7-5-9-20(22)21-10-6-8-12-23(21)24/h5-12,17-19,24-25H,4,13-16H2,1-3H3,(H,29,34)(H,32,33)/t17?,18?,19?,25-/m0/s1. The number of likely N-dealkylation sites (tertiary alicyclic amines) is 1. The molecule has 186 valence electrons. The number of ether oxygens (including phenoxy) is 1. The van der Waals surface area contributed by atoms with Crippen LogP contribution >= 0.6 is 0 Å². The molecule has 0 saturated carbocycles. The molecule has 1 fully saturated rings. The third-order valence-corrected chi connectivity index (χ3v) is 7.63. The highest BCUT2D eigenvalue weighted by molar-refractivity contribution is 5.86. The lowest BCUT2D eigenvalue weighted by atomic mass is 9.86. The van der Waals surface area contributed by atoms with Gasteiger partial charge in [0.05, 0.1) is 5.92 Å². The van der Waals surface area contributed by atoms with Crippen molar-refractivity contribution >= 4 is 18.0 Å². The number of piperidine rings is 1. The van der Waals surface area contributed by atoms with Crippen LogP contribution in [0.2, 0.25) is 0 Å². The fourth-order valence-corrected chi connectivity index (χ4v) is 5.36. The summed E-state index contributed by atoms with van der Waals surface area (Å²) in [4.78, 5) is 39.3. The Morgan fingerprint density at radius 3 is 2.23 bits per heavy atom. The summed E-state index contributed by atoms with van der Waals surface area (Å²) in [7, 11) is 0. The Hall–Kier alpha value is -3.35. The second-order valence-electron chi connectivity index (χ2n) is 9.83. The number of nitrogens with zero attached hydrogens (tertiary/aromatic N) is 1. The van der Waals surface area contributed by atoms with Gasteiger partial charge in [-0.25, -0.2) is 4.79 Å². The lowest BCUT2D eigenvalue weighted by Gasteiger charge is -2.37. The Labute approximate surface area is 206 Å². The molecule has 0 bridgehead atoms. The Balaban J connectivity index is 1.42. The normalized spacial score (nSPS) is 20.9. The zero-order chi connectivity index (χ0) is 25.1. The van der Waals surface area contributed by atoms with Crippen LogP contribution in [0.1, 0.15) is 50.7 Å². The van der Waals surface area contributed by atoms with Crippen LogP contribution in [0.25, 0.3) is 11.1 Å². The van der Waals surface area contributed by atoms with E-state index >= 15 is 0 Å². The van der Waals surface area contributed by atoms with E-state index in [-0.39, 0.29) is 30.3 Å². The van der Waals surface area contributed by atoms with Crippen LogP contribution < -0.4 is 5.32 Å². The number of nitrogens with one attached hydrogen (secondary N) is 1. The summed E-state index contributed by atoms with van der Waals surface area (Å²) < 4.78 is 5.67. The lowest BCUT2D eigenvalue weighted by molar-refractivity contribution is -0.149. The molecular weight excluding hydrogens is 444 g/mol. The first kappa shape index (κ1) is 24.8. The topological polar surface area (TPSA) is 95.9 Å². The van der Waals surface area contributed by atoms with Gasteiger partial charge in [0.25, 0.3) is 0 Å². The number of alkyl carbamates (subject to hydrolysis) is 1. The molecular formula is C28H34N2O5. The number of carboxylic acid groups (broad SMARTS) is 1. The molecule has 0 aromatic heterocycles. The van der Waals surface area contributed by atoms with Crippen molar-refractivity contribution in [1.29, 1.82) is 0 Å². The van der Waals surface area contributed by atoms with Crippen LogP contribution in [0.3, 0.4) is 0 Å². The van der Waals surface area contributed by atoms with Gasteiger partial charge in [-0.15, -0.1) is 0 Å². The minimum absolute atomic E-state index is 0.0539. The van der Waals surface area contributed by atoms with Crippen molar-refractivity contribution in [2.24, 2.45) is 17.8 Å². The summed E-state index contributed by atoms with van der Waals surface area (Å²) in [6, 6.07) is 15.6. The van der Waals surface area contributed by atoms with Gasteiger partial charge in [0, 0.05) is 19.0 Å². The first-order valence-electron chi connectivity index (χ1n) is 12.4. The highest BCUT2D eigenvalue weighted by Crippen LogP contribution is 2.44. The number of carboxylic acids is 1. The Bertz CT molecular complexity index is 1050. The first-order valence-corrected chi connectivity index (χ1v) is 12.4. The number of aliphatic carboxylic acids is 1. The molecule has 1 aliphatic heterocycles. The molecule has 2 aromatic rings. The third kappa shape index (κ3) is 5.04. The summed E-state index contributed by atoms with van der Waals surface area (Å²) in [6.07, 6.45) is 0.515. The molecule has 1 aliphatic carbocycles. The predicted octanol–water partition coefficient (Wildman–Crippen LogP) is 4.51. The van der Waals surface area contributed by atoms with E-state index in [2.05, 4.69) is 29.6 Å². The van der Waals surface area contributed by atoms with Gasteiger partial charge in [-0.2, -0.15) is 0 Å². The van der Waals surface area contributed by atoms with Crippen LogP contribution in [0.4, 0.5) is 4.79 Å². The SMILES string of the molecule is CCC(C)[C@H](NC(=O)OCC1c2ccccc2-c2ccccc21)C(=O)N1CCC(C(=O)O)C(C)C1. The number of carbonyl (C=O) groups excluding carboxylic acids is 2. The molecule has 2 amide bonds. The van der Waals surface area contributed by atoms with Crippen LogP contribution in [0, 0.1) is 17.8 Å². The highest BCUT2D eigenvalue weighted by atomic mass is 16.5. The second-order valence-corrected chi connectivity index (χ2v) is 9.83. The van der Waals surface area contributed by atoms with Crippen molar-refractivity contribution in [2.45, 2.75) is 45.6 Å². The van der Waals surface area contributed by atoms with Gasteiger partial charge in [-0.1, -0.05) is 75.7 Å². The van der Waals surface area contributed by atoms with Crippen molar-refractivity contribution in [3.8, 4) is 11.1 Å². The third-order valence-electron chi connectivity index (χ3n) is 7.63. The van der Waals surface area contributed by atoms with Gasteiger partial charge in [-0.05, 0) is 40.5 Å². The van der Waals surface area contributed by atoms with Gasteiger partial charge in [0.15, 0.2) is 0 Å². The van der Waals surface area contributed by atoms with E-state index in [0.717, 1.165) is 22.3 Å². The minimum atomic E-state index is -0.820. The van der Waals surface area contributed by atoms with Gasteiger partial charge >= 0.3 is 12.1 Å². The first-order chi connectivity index (χ1) is 16.8. The number of carbonyl (C=O) groups is 3. The average molecular weight is 479 g/mol. The molecule has 35 heavy (non-hydrogen) atoms. The van der Waals surface area contributed by atoms with Gasteiger partial charge in [0.2, 0.25) is 5.91 Å². The van der Waals surface area contributed by atoms with E-state index in [9.17, 15) is 19.5 Å². The van der Waals surface area contributed by atoms with E-state index in [1.807, 2.05) is 45.0 Å². The number of amides is 2. The molecule has 1 heterocycles. The molecule has 4 rings (SSSR count). The van der Waals surface area contributed by atoms with E-state index < -0.39 is 24.0 Å². The van der Waals surface area contributed by atoms with Crippen molar-refractivity contribution in [2.75, 3.05) is 19.7 Å². The molecule has 0 spiro atoms. The van der Waals surface area contributed by atoms with Gasteiger partial charge < -0.3 is 20.1 Å². The second kappa shape index (κ2) is 10.5. The van der Waals surface area contributed by atoms with Gasteiger partial charge in [0.1, 0.15) is 12.6 Å². The largest absolute Gasteiger partial charge is 0.481 e. The van der Waals surface area contributed by atoms with Crippen LogP contribution in [0.15, 0.2) is 48.5 Å². The van der Waals surface area contributed by atoms with Crippen LogP contribution in [-0.4, -0.2) is 53.7 Å². The summed E-state index contributed by atoms with van der Waals surface area (Å²) in [5.74, 6) is -1.73. The number of rotatable bonds is 7. The van der Waals surface area contributed by atoms with E-state index in [0.29, 0.717) is 25.9 Å². The maximum atomic E-state index is 13.4.